The molecule has 22 heavy (non-hydrogen) atoms. The zero-order chi connectivity index (χ0) is 16.5. The van der Waals surface area contributed by atoms with Gasteiger partial charge in [0.05, 0.1) is 0 Å². The van der Waals surface area contributed by atoms with Gasteiger partial charge in [-0.15, -0.1) is 0 Å². The second kappa shape index (κ2) is 9.02. The van der Waals surface area contributed by atoms with Gasteiger partial charge in [-0.05, 0) is 25.0 Å². The molecule has 0 fully saturated rings. The molecule has 0 spiro atoms. The summed E-state index contributed by atoms with van der Waals surface area (Å²) in [6.45, 7) is 3.66. The van der Waals surface area contributed by atoms with Crippen LogP contribution in [0.25, 0.3) is 0 Å². The maximum absolute atomic E-state index is 13.6. The monoisotopic (exact) mass is 311 g/mol. The number of hydrogen-bond donors (Lipinski definition) is 2. The summed E-state index contributed by atoms with van der Waals surface area (Å²) < 4.78 is 18.9. The van der Waals surface area contributed by atoms with Crippen molar-refractivity contribution in [2.45, 2.75) is 51.7 Å². The number of nitrogens with one attached hydrogen (secondary N) is 1. The maximum Gasteiger partial charge on any atom is 0.326 e. The number of para-hydroxylation sites is 1. The van der Waals surface area contributed by atoms with Gasteiger partial charge >= 0.3 is 5.97 Å². The van der Waals surface area contributed by atoms with Crippen molar-refractivity contribution in [3.63, 3.8) is 0 Å². The van der Waals surface area contributed by atoms with Crippen molar-refractivity contribution < 1.29 is 23.8 Å². The number of carbonyl (C=O) groups is 2. The highest BCUT2D eigenvalue weighted by Crippen LogP contribution is 2.18. The number of carboxylic acids is 1. The smallest absolute Gasteiger partial charge is 0.326 e. The molecular weight excluding hydrogens is 289 g/mol. The molecule has 0 aliphatic heterocycles. The van der Waals surface area contributed by atoms with Gasteiger partial charge in [0.2, 0.25) is 0 Å². The first-order chi connectivity index (χ1) is 10.5. The molecule has 0 aromatic heterocycles. The first-order valence-corrected chi connectivity index (χ1v) is 7.43. The summed E-state index contributed by atoms with van der Waals surface area (Å²) in [5.41, 5.74) is 0. The van der Waals surface area contributed by atoms with E-state index in [0.717, 1.165) is 6.42 Å². The number of aliphatic carboxylic acids is 1. The molecule has 2 unspecified atom stereocenters. The average Bonchev–Trinajstić information content (AvgIpc) is 2.50. The molecule has 0 saturated carbocycles. The molecule has 122 valence electrons. The van der Waals surface area contributed by atoms with Gasteiger partial charge in [-0.25, -0.2) is 9.18 Å². The summed E-state index contributed by atoms with van der Waals surface area (Å²) in [7, 11) is 0. The Hall–Kier alpha value is -2.11. The van der Waals surface area contributed by atoms with Crippen molar-refractivity contribution in [3.8, 4) is 5.75 Å². The molecule has 1 aromatic carbocycles. The van der Waals surface area contributed by atoms with Gasteiger partial charge in [-0.2, -0.15) is 0 Å². The molecule has 1 rings (SSSR count). The molecular formula is C16H22FNO4. The lowest BCUT2D eigenvalue weighted by molar-refractivity contribution is -0.143. The van der Waals surface area contributed by atoms with Crippen LogP contribution in [0.4, 0.5) is 4.39 Å². The van der Waals surface area contributed by atoms with Crippen molar-refractivity contribution in [2.24, 2.45) is 0 Å². The third-order valence-electron chi connectivity index (χ3n) is 3.23. The Morgan fingerprint density at radius 2 is 2.00 bits per heavy atom. The highest BCUT2D eigenvalue weighted by Gasteiger charge is 2.25. The number of carboxylic acid groups (broad SMARTS) is 1. The average molecular weight is 311 g/mol. The molecule has 6 heteroatoms. The first-order valence-electron chi connectivity index (χ1n) is 7.43. The van der Waals surface area contributed by atoms with Crippen LogP contribution in [0.1, 0.15) is 39.5 Å². The number of unbranched alkanes of at least 4 members (excludes halogenated alkanes) is 1. The van der Waals surface area contributed by atoms with Crippen molar-refractivity contribution in [2.75, 3.05) is 0 Å². The minimum atomic E-state index is -1.08. The molecule has 0 aliphatic rings. The number of halogens is 1. The summed E-state index contributed by atoms with van der Waals surface area (Å²) in [6.07, 6.45) is 1.26. The summed E-state index contributed by atoms with van der Waals surface area (Å²) in [4.78, 5) is 23.3. The fourth-order valence-corrected chi connectivity index (χ4v) is 1.95. The zero-order valence-electron chi connectivity index (χ0n) is 12.8. The second-order valence-electron chi connectivity index (χ2n) is 4.99. The number of hydrogen-bond acceptors (Lipinski definition) is 3. The van der Waals surface area contributed by atoms with E-state index in [9.17, 15) is 14.0 Å². The topological polar surface area (TPSA) is 75.6 Å². The molecule has 0 bridgehead atoms. The van der Waals surface area contributed by atoms with Crippen LogP contribution in [0.5, 0.6) is 5.75 Å². The summed E-state index contributed by atoms with van der Waals surface area (Å²) >= 11 is 0. The van der Waals surface area contributed by atoms with E-state index in [1.807, 2.05) is 6.92 Å². The molecule has 0 heterocycles. The molecule has 2 atom stereocenters. The van der Waals surface area contributed by atoms with E-state index in [4.69, 9.17) is 9.84 Å². The normalized spacial score (nSPS) is 13.2. The molecule has 1 aromatic rings. The Bertz CT molecular complexity index is 507. The largest absolute Gasteiger partial charge is 0.480 e. The third-order valence-corrected chi connectivity index (χ3v) is 3.23. The van der Waals surface area contributed by atoms with Crippen LogP contribution in [0.15, 0.2) is 24.3 Å². The van der Waals surface area contributed by atoms with E-state index in [0.29, 0.717) is 19.3 Å². The predicted octanol–water partition coefficient (Wildman–Crippen LogP) is 2.74. The third kappa shape index (κ3) is 5.35. The molecule has 1 amide bonds. The van der Waals surface area contributed by atoms with Gasteiger partial charge in [0.15, 0.2) is 17.7 Å². The highest BCUT2D eigenvalue weighted by molar-refractivity contribution is 5.86. The fourth-order valence-electron chi connectivity index (χ4n) is 1.95. The van der Waals surface area contributed by atoms with Gasteiger partial charge < -0.3 is 15.2 Å². The van der Waals surface area contributed by atoms with Crippen LogP contribution in [0.3, 0.4) is 0 Å². The van der Waals surface area contributed by atoms with E-state index < -0.39 is 29.8 Å². The Kier molecular flexibility index (Phi) is 7.36. The second-order valence-corrected chi connectivity index (χ2v) is 4.99. The maximum atomic E-state index is 13.6. The van der Waals surface area contributed by atoms with Gasteiger partial charge in [-0.3, -0.25) is 4.79 Å². The highest BCUT2D eigenvalue weighted by atomic mass is 19.1. The number of rotatable bonds is 9. The number of ether oxygens (including phenoxy) is 1. The van der Waals surface area contributed by atoms with E-state index in [2.05, 4.69) is 5.32 Å². The predicted molar refractivity (Wildman–Crippen MR) is 80.2 cm³/mol. The molecule has 2 N–H and O–H groups in total. The summed E-state index contributed by atoms with van der Waals surface area (Å²) in [5, 5.41) is 11.6. The van der Waals surface area contributed by atoms with E-state index in [1.54, 1.807) is 13.0 Å². The molecule has 0 aliphatic carbocycles. The zero-order valence-corrected chi connectivity index (χ0v) is 12.8. The van der Waals surface area contributed by atoms with E-state index >= 15 is 0 Å². The van der Waals surface area contributed by atoms with Gasteiger partial charge in [0.1, 0.15) is 6.04 Å². The van der Waals surface area contributed by atoms with Crippen molar-refractivity contribution in [1.82, 2.24) is 5.32 Å². The number of carbonyl (C=O) groups excluding carboxylic acids is 1. The first kappa shape index (κ1) is 17.9. The lowest BCUT2D eigenvalue weighted by Crippen LogP contribution is -2.47. The van der Waals surface area contributed by atoms with E-state index in [-0.39, 0.29) is 5.75 Å². The Morgan fingerprint density at radius 1 is 1.32 bits per heavy atom. The molecule has 0 saturated heterocycles. The minimum Gasteiger partial charge on any atom is -0.480 e. The minimum absolute atomic E-state index is 0.0232. The Balaban J connectivity index is 2.71. The summed E-state index contributed by atoms with van der Waals surface area (Å²) in [5.74, 6) is -2.21. The van der Waals surface area contributed by atoms with Crippen LogP contribution in [0, 0.1) is 5.82 Å². The SMILES string of the molecule is CCCCC(NC(=O)C(CC)Oc1ccccc1F)C(=O)O. The fraction of sp³-hybridized carbons (Fsp3) is 0.500. The Morgan fingerprint density at radius 3 is 2.55 bits per heavy atom. The van der Waals surface area contributed by atoms with Gasteiger partial charge in [0.25, 0.3) is 5.91 Å². The summed E-state index contributed by atoms with van der Waals surface area (Å²) in [6, 6.07) is 4.84. The van der Waals surface area contributed by atoms with Crippen molar-refractivity contribution in [3.05, 3.63) is 30.1 Å². The quantitative estimate of drug-likeness (QED) is 0.735. The van der Waals surface area contributed by atoms with Crippen LogP contribution in [-0.2, 0) is 9.59 Å². The van der Waals surface area contributed by atoms with Crippen molar-refractivity contribution in [1.29, 1.82) is 0 Å². The van der Waals surface area contributed by atoms with Crippen molar-refractivity contribution >= 4 is 11.9 Å². The van der Waals surface area contributed by atoms with Crippen LogP contribution < -0.4 is 10.1 Å². The van der Waals surface area contributed by atoms with Crippen LogP contribution in [-0.4, -0.2) is 29.1 Å². The lowest BCUT2D eigenvalue weighted by atomic mass is 10.1. The van der Waals surface area contributed by atoms with Crippen LogP contribution in [0.2, 0.25) is 0 Å². The van der Waals surface area contributed by atoms with Crippen LogP contribution >= 0.6 is 0 Å². The lowest BCUT2D eigenvalue weighted by Gasteiger charge is -2.20. The number of benzene rings is 1. The van der Waals surface area contributed by atoms with E-state index in [1.165, 1.54) is 18.2 Å². The molecule has 0 radical (unpaired) electrons. The van der Waals surface area contributed by atoms with Gasteiger partial charge in [-0.1, -0.05) is 38.8 Å². The number of amides is 1. The Labute approximate surface area is 129 Å². The van der Waals surface area contributed by atoms with Gasteiger partial charge in [0, 0.05) is 0 Å². The molecule has 5 nitrogen and oxygen atoms in total. The standard InChI is InChI=1S/C16H22FNO4/c1-3-5-9-12(16(20)21)18-15(19)13(4-2)22-14-10-7-6-8-11(14)17/h6-8,10,12-13H,3-5,9H2,1-2H3,(H,18,19)(H,20,21).